The first kappa shape index (κ1) is 16.4. The normalized spacial score (nSPS) is 21.9. The molecule has 114 valence electrons. The highest BCUT2D eigenvalue weighted by Crippen LogP contribution is 2.30. The van der Waals surface area contributed by atoms with Gasteiger partial charge in [0.1, 0.15) is 0 Å². The molecule has 1 aliphatic heterocycles. The topological polar surface area (TPSA) is 36.3 Å². The number of thioether (sulfide) groups is 1. The van der Waals surface area contributed by atoms with Gasteiger partial charge in [0, 0.05) is 12.1 Å². The van der Waals surface area contributed by atoms with Crippen LogP contribution in [0.2, 0.25) is 0 Å². The molecule has 0 radical (unpaired) electrons. The molecule has 1 atom stereocenters. The van der Waals surface area contributed by atoms with Gasteiger partial charge in [0.2, 0.25) is 0 Å². The van der Waals surface area contributed by atoms with Gasteiger partial charge in [0.15, 0.2) is 0 Å². The summed E-state index contributed by atoms with van der Waals surface area (Å²) < 4.78 is 6.06. The van der Waals surface area contributed by atoms with Crippen molar-refractivity contribution in [1.29, 1.82) is 5.26 Å². The molecule has 1 heterocycles. The Morgan fingerprint density at radius 2 is 2.14 bits per heavy atom. The number of hydrogen-bond acceptors (Lipinski definition) is 4. The lowest BCUT2D eigenvalue weighted by molar-refractivity contribution is -0.100. The van der Waals surface area contributed by atoms with Crippen molar-refractivity contribution >= 4 is 11.8 Å². The fourth-order valence-corrected chi connectivity index (χ4v) is 3.20. The summed E-state index contributed by atoms with van der Waals surface area (Å²) >= 11 is 1.72. The predicted molar refractivity (Wildman–Crippen MR) is 88.3 cm³/mol. The first-order chi connectivity index (χ1) is 10.1. The van der Waals surface area contributed by atoms with Crippen LogP contribution in [0.3, 0.4) is 0 Å². The number of benzene rings is 1. The highest BCUT2D eigenvalue weighted by Gasteiger charge is 2.34. The fourth-order valence-electron chi connectivity index (χ4n) is 2.63. The van der Waals surface area contributed by atoms with E-state index in [1.807, 2.05) is 6.07 Å². The van der Waals surface area contributed by atoms with Crippen LogP contribution in [0.15, 0.2) is 30.3 Å². The molecule has 0 saturated carbocycles. The molecule has 1 aromatic rings. The van der Waals surface area contributed by atoms with Crippen LogP contribution in [0.4, 0.5) is 0 Å². The van der Waals surface area contributed by atoms with Crippen LogP contribution in [0, 0.1) is 11.3 Å². The van der Waals surface area contributed by atoms with E-state index in [0.717, 1.165) is 31.9 Å². The largest absolute Gasteiger partial charge is 0.370 e. The maximum Gasteiger partial charge on any atom is 0.0952 e. The Morgan fingerprint density at radius 1 is 1.38 bits per heavy atom. The second-order valence-corrected chi connectivity index (χ2v) is 7.14. The number of nitrogens with zero attached hydrogens (tertiary/aromatic N) is 2. The van der Waals surface area contributed by atoms with E-state index in [9.17, 15) is 0 Å². The summed E-state index contributed by atoms with van der Waals surface area (Å²) in [6.07, 6.45) is 1.29. The summed E-state index contributed by atoms with van der Waals surface area (Å²) in [5, 5.41) is 8.56. The lowest BCUT2D eigenvalue weighted by Gasteiger charge is -2.45. The molecule has 1 aromatic carbocycles. The Balaban J connectivity index is 1.89. The monoisotopic (exact) mass is 304 g/mol. The Kier molecular flexibility index (Phi) is 6.10. The maximum absolute atomic E-state index is 8.56. The summed E-state index contributed by atoms with van der Waals surface area (Å²) in [5.74, 6) is 1.65. The molecule has 1 unspecified atom stereocenters. The van der Waals surface area contributed by atoms with Crippen molar-refractivity contribution < 1.29 is 4.74 Å². The van der Waals surface area contributed by atoms with Crippen molar-refractivity contribution in [2.45, 2.75) is 31.9 Å². The fraction of sp³-hybridized carbons (Fsp3) is 0.588. The molecule has 2 rings (SSSR count). The first-order valence-electron chi connectivity index (χ1n) is 7.50. The van der Waals surface area contributed by atoms with E-state index in [2.05, 4.69) is 49.1 Å². The lowest BCUT2D eigenvalue weighted by atomic mass is 9.98. The minimum absolute atomic E-state index is 0.0885. The molecule has 0 N–H and O–H groups in total. The highest BCUT2D eigenvalue weighted by molar-refractivity contribution is 7.99. The van der Waals surface area contributed by atoms with Crippen molar-refractivity contribution in [2.24, 2.45) is 0 Å². The Bertz CT molecular complexity index is 469. The van der Waals surface area contributed by atoms with Crippen LogP contribution in [0.5, 0.6) is 0 Å². The molecular formula is C17H24N2OS. The third kappa shape index (κ3) is 4.74. The second kappa shape index (κ2) is 7.84. The van der Waals surface area contributed by atoms with Gasteiger partial charge in [-0.3, -0.25) is 4.90 Å². The van der Waals surface area contributed by atoms with Gasteiger partial charge in [0.25, 0.3) is 0 Å². The van der Waals surface area contributed by atoms with Crippen LogP contribution >= 0.6 is 11.8 Å². The maximum atomic E-state index is 8.56. The minimum atomic E-state index is 0.0885. The summed E-state index contributed by atoms with van der Waals surface area (Å²) in [6, 6.07) is 12.6. The number of hydrogen-bond donors (Lipinski definition) is 0. The summed E-state index contributed by atoms with van der Waals surface area (Å²) in [6.45, 7) is 7.27. The van der Waals surface area contributed by atoms with E-state index in [-0.39, 0.29) is 11.6 Å². The molecule has 3 nitrogen and oxygen atoms in total. The third-order valence-corrected chi connectivity index (χ3v) is 4.85. The van der Waals surface area contributed by atoms with Crippen molar-refractivity contribution in [2.75, 3.05) is 31.2 Å². The molecule has 0 bridgehead atoms. The second-order valence-electron chi connectivity index (χ2n) is 6.03. The van der Waals surface area contributed by atoms with Gasteiger partial charge >= 0.3 is 0 Å². The number of ether oxygens (including phenoxy) is 1. The van der Waals surface area contributed by atoms with Crippen LogP contribution < -0.4 is 0 Å². The molecule has 1 fully saturated rings. The average molecular weight is 304 g/mol. The van der Waals surface area contributed by atoms with Gasteiger partial charge in [-0.25, -0.2) is 0 Å². The van der Waals surface area contributed by atoms with Crippen molar-refractivity contribution in [3.05, 3.63) is 35.9 Å². The van der Waals surface area contributed by atoms with Crippen LogP contribution in [0.1, 0.15) is 31.9 Å². The standard InChI is InChI=1S/C17H24N2OS/c1-17(2)14-20-16(15-7-4-3-5-8-15)13-19(17)10-6-11-21-12-9-18/h3-5,7-8,16H,6,10-14H2,1-2H3. The van der Waals surface area contributed by atoms with Crippen LogP contribution in [-0.2, 0) is 4.74 Å². The van der Waals surface area contributed by atoms with Crippen LogP contribution in [-0.4, -0.2) is 41.6 Å². The summed E-state index contributed by atoms with van der Waals surface area (Å²) in [4.78, 5) is 2.53. The number of morpholine rings is 1. The molecule has 0 amide bonds. The van der Waals surface area contributed by atoms with E-state index < -0.39 is 0 Å². The zero-order valence-corrected chi connectivity index (χ0v) is 13.7. The van der Waals surface area contributed by atoms with Crippen molar-refractivity contribution in [3.8, 4) is 6.07 Å². The molecular weight excluding hydrogens is 280 g/mol. The minimum Gasteiger partial charge on any atom is -0.370 e. The van der Waals surface area contributed by atoms with Gasteiger partial charge in [0.05, 0.1) is 24.5 Å². The molecule has 0 spiro atoms. The molecule has 0 aliphatic carbocycles. The lowest BCUT2D eigenvalue weighted by Crippen LogP contribution is -2.54. The molecule has 1 saturated heterocycles. The molecule has 21 heavy (non-hydrogen) atoms. The Morgan fingerprint density at radius 3 is 2.86 bits per heavy atom. The van der Waals surface area contributed by atoms with E-state index in [1.54, 1.807) is 11.8 Å². The van der Waals surface area contributed by atoms with E-state index in [0.29, 0.717) is 5.75 Å². The van der Waals surface area contributed by atoms with Gasteiger partial charge in [-0.2, -0.15) is 5.26 Å². The quantitative estimate of drug-likeness (QED) is 0.754. The van der Waals surface area contributed by atoms with E-state index in [1.165, 1.54) is 5.56 Å². The zero-order chi connectivity index (χ0) is 15.1. The van der Waals surface area contributed by atoms with Crippen molar-refractivity contribution in [3.63, 3.8) is 0 Å². The zero-order valence-electron chi connectivity index (χ0n) is 12.9. The number of nitriles is 1. The van der Waals surface area contributed by atoms with Crippen LogP contribution in [0.25, 0.3) is 0 Å². The number of rotatable bonds is 6. The summed E-state index contributed by atoms with van der Waals surface area (Å²) in [7, 11) is 0. The first-order valence-corrected chi connectivity index (χ1v) is 8.65. The molecule has 4 heteroatoms. The Labute approximate surface area is 132 Å². The Hall–Kier alpha value is -1.02. The highest BCUT2D eigenvalue weighted by atomic mass is 32.2. The predicted octanol–water partition coefficient (Wildman–Crippen LogP) is 3.49. The average Bonchev–Trinajstić information content (AvgIpc) is 2.49. The van der Waals surface area contributed by atoms with Crippen molar-refractivity contribution in [1.82, 2.24) is 4.90 Å². The van der Waals surface area contributed by atoms with Gasteiger partial charge < -0.3 is 4.74 Å². The molecule has 0 aromatic heterocycles. The van der Waals surface area contributed by atoms with E-state index in [4.69, 9.17) is 10.00 Å². The van der Waals surface area contributed by atoms with Gasteiger partial charge in [-0.15, -0.1) is 11.8 Å². The van der Waals surface area contributed by atoms with E-state index >= 15 is 0 Å². The SMILES string of the molecule is CC1(C)COC(c2ccccc2)CN1CCCSCC#N. The molecule has 1 aliphatic rings. The smallest absolute Gasteiger partial charge is 0.0952 e. The van der Waals surface area contributed by atoms with Gasteiger partial charge in [-0.05, 0) is 38.1 Å². The third-order valence-electron chi connectivity index (χ3n) is 3.93. The van der Waals surface area contributed by atoms with Gasteiger partial charge in [-0.1, -0.05) is 30.3 Å². The summed E-state index contributed by atoms with van der Waals surface area (Å²) in [5.41, 5.74) is 1.35.